The first-order valence-electron chi connectivity index (χ1n) is 12.1. The molecule has 1 aliphatic carbocycles. The van der Waals surface area contributed by atoms with Crippen molar-refractivity contribution in [3.8, 4) is 22.8 Å². The molecule has 0 aliphatic heterocycles. The quantitative estimate of drug-likeness (QED) is 0.237. The average Bonchev–Trinajstić information content (AvgIpc) is 3.58. The molecule has 0 atom stereocenters. The van der Waals surface area contributed by atoms with Gasteiger partial charge in [0.15, 0.2) is 0 Å². The third kappa shape index (κ3) is 4.57. The van der Waals surface area contributed by atoms with Crippen molar-refractivity contribution < 1.29 is 18.7 Å². The highest BCUT2D eigenvalue weighted by Gasteiger charge is 2.56. The highest BCUT2D eigenvalue weighted by Crippen LogP contribution is 2.47. The van der Waals surface area contributed by atoms with Crippen LogP contribution in [-0.2, 0) is 9.59 Å². The maximum atomic E-state index is 13.1. The Kier molecular flexibility index (Phi) is 5.80. The molecule has 0 radical (unpaired) electrons. The minimum Gasteiger partial charge on any atom is -0.457 e. The van der Waals surface area contributed by atoms with Crippen LogP contribution in [0, 0.1) is 11.2 Å². The Bertz CT molecular complexity index is 1630. The number of carbonyl (C=O) groups excluding carboxylic acids is 2. The first-order valence-corrected chi connectivity index (χ1v) is 12.1. The number of fused-ring (bicyclic) bond motifs is 1. The van der Waals surface area contributed by atoms with Crippen LogP contribution < -0.4 is 15.4 Å². The molecule has 3 N–H and O–H groups in total. The van der Waals surface area contributed by atoms with Crippen LogP contribution in [0.25, 0.3) is 22.2 Å². The number of benzene rings is 3. The van der Waals surface area contributed by atoms with Crippen LogP contribution in [-0.4, -0.2) is 27.0 Å². The maximum Gasteiger partial charge on any atom is 0.240 e. The molecule has 2 amide bonds. The molecule has 5 aromatic rings. The number of aromatic nitrogens is 3. The van der Waals surface area contributed by atoms with Gasteiger partial charge in [0.1, 0.15) is 22.7 Å². The van der Waals surface area contributed by atoms with Gasteiger partial charge in [0.25, 0.3) is 0 Å². The summed E-state index contributed by atoms with van der Waals surface area (Å²) in [7, 11) is 0. The van der Waals surface area contributed by atoms with Crippen molar-refractivity contribution in [1.82, 2.24) is 15.2 Å². The van der Waals surface area contributed by atoms with Crippen LogP contribution in [0.5, 0.6) is 11.5 Å². The zero-order valence-corrected chi connectivity index (χ0v) is 20.1. The van der Waals surface area contributed by atoms with E-state index in [0.29, 0.717) is 35.7 Å². The number of H-pyrrole nitrogens is 1. The lowest BCUT2D eigenvalue weighted by Crippen LogP contribution is -2.35. The van der Waals surface area contributed by atoms with Crippen molar-refractivity contribution in [3.05, 3.63) is 97.1 Å². The van der Waals surface area contributed by atoms with Crippen LogP contribution in [0.15, 0.2) is 91.3 Å². The van der Waals surface area contributed by atoms with E-state index in [2.05, 4.69) is 25.8 Å². The van der Waals surface area contributed by atoms with E-state index in [4.69, 9.17) is 4.74 Å². The lowest BCUT2D eigenvalue weighted by molar-refractivity contribution is -0.131. The fourth-order valence-corrected chi connectivity index (χ4v) is 4.24. The van der Waals surface area contributed by atoms with Gasteiger partial charge in [-0.3, -0.25) is 19.7 Å². The van der Waals surface area contributed by atoms with Gasteiger partial charge in [-0.1, -0.05) is 6.07 Å². The molecule has 0 spiro atoms. The summed E-state index contributed by atoms with van der Waals surface area (Å²) >= 11 is 0. The van der Waals surface area contributed by atoms with Gasteiger partial charge in [-0.2, -0.15) is 5.10 Å². The van der Waals surface area contributed by atoms with Crippen LogP contribution in [0.4, 0.5) is 15.8 Å². The molecule has 1 fully saturated rings. The van der Waals surface area contributed by atoms with Crippen LogP contribution in [0.2, 0.25) is 0 Å². The molecule has 9 heteroatoms. The predicted molar refractivity (Wildman–Crippen MR) is 141 cm³/mol. The van der Waals surface area contributed by atoms with Crippen LogP contribution in [0.3, 0.4) is 0 Å². The SMILES string of the molecule is O=C(Nc1ccc(F)cc1)C1(C(=O)Nc2ccc(Oc3ccnc4ccc(-c5ccn[nH]5)cc34)cc2)CC1. The maximum absolute atomic E-state index is 13.1. The van der Waals surface area contributed by atoms with Crippen molar-refractivity contribution in [2.75, 3.05) is 10.6 Å². The summed E-state index contributed by atoms with van der Waals surface area (Å²) in [6.07, 6.45) is 4.28. The molecule has 2 aromatic heterocycles. The van der Waals surface area contributed by atoms with Gasteiger partial charge >= 0.3 is 0 Å². The largest absolute Gasteiger partial charge is 0.457 e. The Labute approximate surface area is 216 Å². The number of hydrogen-bond acceptors (Lipinski definition) is 5. The molecule has 0 bridgehead atoms. The van der Waals surface area contributed by atoms with E-state index in [1.165, 1.54) is 24.3 Å². The van der Waals surface area contributed by atoms with Gasteiger partial charge in [0.2, 0.25) is 11.8 Å². The monoisotopic (exact) mass is 507 g/mol. The van der Waals surface area contributed by atoms with Gasteiger partial charge in [-0.15, -0.1) is 0 Å². The molecule has 1 saturated carbocycles. The van der Waals surface area contributed by atoms with Crippen molar-refractivity contribution in [2.24, 2.45) is 5.41 Å². The fourth-order valence-electron chi connectivity index (χ4n) is 4.24. The van der Waals surface area contributed by atoms with E-state index < -0.39 is 17.1 Å². The second-order valence-electron chi connectivity index (χ2n) is 9.14. The molecule has 8 nitrogen and oxygen atoms in total. The van der Waals surface area contributed by atoms with Crippen LogP contribution >= 0.6 is 0 Å². The van der Waals surface area contributed by atoms with Crippen molar-refractivity contribution in [3.63, 3.8) is 0 Å². The summed E-state index contributed by atoms with van der Waals surface area (Å²) in [6.45, 7) is 0. The van der Waals surface area contributed by atoms with E-state index in [1.807, 2.05) is 24.3 Å². The molecule has 188 valence electrons. The van der Waals surface area contributed by atoms with Crippen molar-refractivity contribution in [2.45, 2.75) is 12.8 Å². The number of rotatable bonds is 7. The standard InChI is InChI=1S/C29H22FN5O3/c30-19-2-4-20(5-3-19)33-27(36)29(13-14-29)28(37)34-21-6-8-22(9-7-21)38-26-12-15-31-25-10-1-18(17-23(25)26)24-11-16-32-35-24/h1-12,15-17H,13-14H2,(H,32,35)(H,33,36)(H,34,37). The minimum atomic E-state index is -1.13. The number of halogens is 1. The normalized spacial score (nSPS) is 13.6. The van der Waals surface area contributed by atoms with Gasteiger partial charge in [-0.25, -0.2) is 4.39 Å². The number of pyridine rings is 1. The number of nitrogens with zero attached hydrogens (tertiary/aromatic N) is 2. The third-order valence-electron chi connectivity index (χ3n) is 6.57. The molecule has 6 rings (SSSR count). The topological polar surface area (TPSA) is 109 Å². The first-order chi connectivity index (χ1) is 18.5. The number of hydrogen-bond donors (Lipinski definition) is 3. The number of aromatic amines is 1. The smallest absolute Gasteiger partial charge is 0.240 e. The van der Waals surface area contributed by atoms with Crippen molar-refractivity contribution in [1.29, 1.82) is 0 Å². The van der Waals surface area contributed by atoms with Gasteiger partial charge in [0, 0.05) is 34.7 Å². The highest BCUT2D eigenvalue weighted by atomic mass is 19.1. The molecule has 1 aliphatic rings. The minimum absolute atomic E-state index is 0.378. The third-order valence-corrected chi connectivity index (χ3v) is 6.57. The molecular weight excluding hydrogens is 485 g/mol. The Morgan fingerprint density at radius 3 is 2.16 bits per heavy atom. The first kappa shape index (κ1) is 23.4. The summed E-state index contributed by atoms with van der Waals surface area (Å²) < 4.78 is 19.3. The Morgan fingerprint density at radius 2 is 1.53 bits per heavy atom. The second-order valence-corrected chi connectivity index (χ2v) is 9.14. The van der Waals surface area contributed by atoms with E-state index in [9.17, 15) is 14.0 Å². The van der Waals surface area contributed by atoms with E-state index >= 15 is 0 Å². The Hall–Kier alpha value is -5.05. The number of amides is 2. The molecule has 3 aromatic carbocycles. The summed E-state index contributed by atoms with van der Waals surface area (Å²) in [5, 5.41) is 13.4. The van der Waals surface area contributed by atoms with E-state index in [0.717, 1.165) is 22.2 Å². The highest BCUT2D eigenvalue weighted by molar-refractivity contribution is 6.16. The lowest BCUT2D eigenvalue weighted by atomic mass is 10.0. The molecule has 0 unspecified atom stereocenters. The molecule has 38 heavy (non-hydrogen) atoms. The molecular formula is C29H22FN5O3. The molecule has 2 heterocycles. The van der Waals surface area contributed by atoms with E-state index in [1.54, 1.807) is 42.7 Å². The number of ether oxygens (including phenoxy) is 1. The van der Waals surface area contributed by atoms with Gasteiger partial charge < -0.3 is 15.4 Å². The van der Waals surface area contributed by atoms with Gasteiger partial charge in [-0.05, 0) is 85.6 Å². The fraction of sp³-hybridized carbons (Fsp3) is 0.103. The Balaban J connectivity index is 1.14. The summed E-state index contributed by atoms with van der Waals surface area (Å²) in [4.78, 5) is 30.2. The summed E-state index contributed by atoms with van der Waals surface area (Å²) in [6, 6.07) is 22.0. The van der Waals surface area contributed by atoms with Gasteiger partial charge in [0.05, 0.1) is 11.2 Å². The lowest BCUT2D eigenvalue weighted by Gasteiger charge is -2.16. The molecule has 0 saturated heterocycles. The number of nitrogens with one attached hydrogen (secondary N) is 3. The zero-order valence-electron chi connectivity index (χ0n) is 20.1. The number of carbonyl (C=O) groups is 2. The van der Waals surface area contributed by atoms with E-state index in [-0.39, 0.29) is 5.91 Å². The zero-order chi connectivity index (χ0) is 26.1. The van der Waals surface area contributed by atoms with Crippen molar-refractivity contribution >= 4 is 34.1 Å². The number of anilines is 2. The summed E-state index contributed by atoms with van der Waals surface area (Å²) in [5.74, 6) is 0.0448. The average molecular weight is 508 g/mol. The second kappa shape index (κ2) is 9.44. The Morgan fingerprint density at radius 1 is 0.842 bits per heavy atom. The summed E-state index contributed by atoms with van der Waals surface area (Å²) in [5.41, 5.74) is 2.50. The predicted octanol–water partition coefficient (Wildman–Crippen LogP) is 5.91. The van der Waals surface area contributed by atoms with Crippen LogP contribution in [0.1, 0.15) is 12.8 Å².